The van der Waals surface area contributed by atoms with Crippen molar-refractivity contribution >= 4 is 0 Å². The third kappa shape index (κ3) is 2.86. The molecule has 1 aromatic heterocycles. The van der Waals surface area contributed by atoms with E-state index in [9.17, 15) is 0 Å². The molecule has 0 aliphatic heterocycles. The number of aryl methyl sites for hydroxylation is 1. The molecular formula is C13H23N3. The Bertz CT molecular complexity index is 324. The van der Waals surface area contributed by atoms with Crippen LogP contribution in [-0.4, -0.2) is 36.1 Å². The molecule has 1 saturated carbocycles. The lowest BCUT2D eigenvalue weighted by atomic mass is 10.1. The minimum atomic E-state index is 0.709. The van der Waals surface area contributed by atoms with Crippen molar-refractivity contribution in [1.82, 2.24) is 14.8 Å². The number of hydrogen-bond acceptors (Lipinski definition) is 2. The zero-order valence-corrected chi connectivity index (χ0v) is 10.6. The standard InChI is InChI=1S/C13H23N3/c1-15(2)13(11-6-7-11)10-14-9-12-5-4-8-16(12)3/h4-5,8,11,13-14H,6-7,9-10H2,1-3H3. The van der Waals surface area contributed by atoms with Crippen molar-refractivity contribution in [3.8, 4) is 0 Å². The van der Waals surface area contributed by atoms with E-state index in [4.69, 9.17) is 0 Å². The molecule has 0 amide bonds. The van der Waals surface area contributed by atoms with Crippen LogP contribution in [0.15, 0.2) is 18.3 Å². The Morgan fingerprint density at radius 2 is 2.25 bits per heavy atom. The van der Waals surface area contributed by atoms with Gasteiger partial charge in [0, 0.05) is 38.1 Å². The fourth-order valence-corrected chi connectivity index (χ4v) is 2.28. The molecule has 0 bridgehead atoms. The summed E-state index contributed by atoms with van der Waals surface area (Å²) in [5.74, 6) is 0.927. The van der Waals surface area contributed by atoms with Crippen molar-refractivity contribution in [1.29, 1.82) is 0 Å². The van der Waals surface area contributed by atoms with Gasteiger partial charge in [-0.05, 0) is 45.0 Å². The molecule has 2 rings (SSSR count). The van der Waals surface area contributed by atoms with Gasteiger partial charge in [0.25, 0.3) is 0 Å². The maximum Gasteiger partial charge on any atom is 0.0359 e. The van der Waals surface area contributed by atoms with Gasteiger partial charge in [0.2, 0.25) is 0 Å². The van der Waals surface area contributed by atoms with Crippen LogP contribution in [0.1, 0.15) is 18.5 Å². The molecule has 1 aliphatic carbocycles. The summed E-state index contributed by atoms with van der Waals surface area (Å²) in [6, 6.07) is 4.98. The fourth-order valence-electron chi connectivity index (χ4n) is 2.28. The molecule has 1 aliphatic rings. The van der Waals surface area contributed by atoms with E-state index >= 15 is 0 Å². The summed E-state index contributed by atoms with van der Waals surface area (Å²) in [4.78, 5) is 2.36. The van der Waals surface area contributed by atoms with Crippen molar-refractivity contribution in [2.75, 3.05) is 20.6 Å². The summed E-state index contributed by atoms with van der Waals surface area (Å²) in [6.45, 7) is 2.07. The monoisotopic (exact) mass is 221 g/mol. The molecule has 0 radical (unpaired) electrons. The van der Waals surface area contributed by atoms with Crippen molar-refractivity contribution in [3.05, 3.63) is 24.0 Å². The van der Waals surface area contributed by atoms with Gasteiger partial charge in [-0.15, -0.1) is 0 Å². The Hall–Kier alpha value is -0.800. The predicted molar refractivity (Wildman–Crippen MR) is 67.3 cm³/mol. The number of nitrogens with zero attached hydrogens (tertiary/aromatic N) is 2. The Labute approximate surface area is 98.4 Å². The van der Waals surface area contributed by atoms with Crippen LogP contribution in [0.2, 0.25) is 0 Å². The van der Waals surface area contributed by atoms with Gasteiger partial charge in [0.15, 0.2) is 0 Å². The largest absolute Gasteiger partial charge is 0.353 e. The average Bonchev–Trinajstić information content (AvgIpc) is 2.98. The van der Waals surface area contributed by atoms with E-state index in [1.165, 1.54) is 18.5 Å². The van der Waals surface area contributed by atoms with Gasteiger partial charge >= 0.3 is 0 Å². The molecule has 90 valence electrons. The first kappa shape index (κ1) is 11.7. The second kappa shape index (κ2) is 5.02. The van der Waals surface area contributed by atoms with Gasteiger partial charge in [-0.3, -0.25) is 0 Å². The number of nitrogens with one attached hydrogen (secondary N) is 1. The van der Waals surface area contributed by atoms with Gasteiger partial charge in [-0.1, -0.05) is 0 Å². The Kier molecular flexibility index (Phi) is 3.66. The second-order valence-corrected chi connectivity index (χ2v) is 5.11. The minimum Gasteiger partial charge on any atom is -0.353 e. The summed E-state index contributed by atoms with van der Waals surface area (Å²) in [7, 11) is 6.47. The summed E-state index contributed by atoms with van der Waals surface area (Å²) >= 11 is 0. The van der Waals surface area contributed by atoms with E-state index in [2.05, 4.69) is 54.3 Å². The van der Waals surface area contributed by atoms with Crippen molar-refractivity contribution < 1.29 is 0 Å². The van der Waals surface area contributed by atoms with Gasteiger partial charge in [0.05, 0.1) is 0 Å². The average molecular weight is 221 g/mol. The topological polar surface area (TPSA) is 20.2 Å². The molecule has 1 atom stereocenters. The maximum atomic E-state index is 3.57. The van der Waals surface area contributed by atoms with Crippen LogP contribution >= 0.6 is 0 Å². The molecule has 0 aromatic carbocycles. The maximum absolute atomic E-state index is 3.57. The van der Waals surface area contributed by atoms with Crippen LogP contribution in [0, 0.1) is 5.92 Å². The third-order valence-electron chi connectivity index (χ3n) is 3.54. The van der Waals surface area contributed by atoms with E-state index in [-0.39, 0.29) is 0 Å². The zero-order chi connectivity index (χ0) is 11.5. The van der Waals surface area contributed by atoms with Crippen LogP contribution in [0.4, 0.5) is 0 Å². The number of aromatic nitrogens is 1. The first-order valence-electron chi connectivity index (χ1n) is 6.16. The van der Waals surface area contributed by atoms with Gasteiger partial charge in [-0.25, -0.2) is 0 Å². The van der Waals surface area contributed by atoms with Crippen molar-refractivity contribution in [2.24, 2.45) is 13.0 Å². The normalized spacial score (nSPS) is 18.0. The Morgan fingerprint density at radius 1 is 1.50 bits per heavy atom. The lowest BCUT2D eigenvalue weighted by Crippen LogP contribution is -2.39. The number of likely N-dealkylation sites (N-methyl/N-ethyl adjacent to an activating group) is 1. The number of rotatable bonds is 6. The van der Waals surface area contributed by atoms with Crippen LogP contribution in [-0.2, 0) is 13.6 Å². The van der Waals surface area contributed by atoms with E-state index in [1.54, 1.807) is 0 Å². The fraction of sp³-hybridized carbons (Fsp3) is 0.692. The summed E-state index contributed by atoms with van der Waals surface area (Å²) in [5.41, 5.74) is 1.35. The summed E-state index contributed by atoms with van der Waals surface area (Å²) < 4.78 is 2.18. The quantitative estimate of drug-likeness (QED) is 0.784. The van der Waals surface area contributed by atoms with Crippen LogP contribution in [0.3, 0.4) is 0 Å². The SMILES string of the molecule is CN(C)C(CNCc1cccn1C)C1CC1. The molecule has 1 N–H and O–H groups in total. The third-order valence-corrected chi connectivity index (χ3v) is 3.54. The molecule has 0 saturated heterocycles. The first-order chi connectivity index (χ1) is 7.68. The van der Waals surface area contributed by atoms with Gasteiger partial charge in [0.1, 0.15) is 0 Å². The van der Waals surface area contributed by atoms with Crippen molar-refractivity contribution in [3.63, 3.8) is 0 Å². The molecule has 1 unspecified atom stereocenters. The Balaban J connectivity index is 1.76. The summed E-state index contributed by atoms with van der Waals surface area (Å²) in [6.07, 6.45) is 4.92. The van der Waals surface area contributed by atoms with E-state index in [1.807, 2.05) is 0 Å². The zero-order valence-electron chi connectivity index (χ0n) is 10.6. The minimum absolute atomic E-state index is 0.709. The van der Waals surface area contributed by atoms with Gasteiger partial charge < -0.3 is 14.8 Å². The highest BCUT2D eigenvalue weighted by Gasteiger charge is 2.31. The molecule has 16 heavy (non-hydrogen) atoms. The lowest BCUT2D eigenvalue weighted by Gasteiger charge is -2.24. The molecule has 0 spiro atoms. The Morgan fingerprint density at radius 3 is 2.75 bits per heavy atom. The summed E-state index contributed by atoms with van der Waals surface area (Å²) in [5, 5.41) is 3.57. The molecule has 1 fully saturated rings. The predicted octanol–water partition coefficient (Wildman–Crippen LogP) is 1.45. The first-order valence-corrected chi connectivity index (χ1v) is 6.16. The highest BCUT2D eigenvalue weighted by atomic mass is 15.1. The van der Waals surface area contributed by atoms with Gasteiger partial charge in [-0.2, -0.15) is 0 Å². The molecule has 1 aromatic rings. The number of hydrogen-bond donors (Lipinski definition) is 1. The van der Waals surface area contributed by atoms with Crippen LogP contribution in [0.5, 0.6) is 0 Å². The second-order valence-electron chi connectivity index (χ2n) is 5.11. The van der Waals surface area contributed by atoms with Crippen LogP contribution < -0.4 is 5.32 Å². The smallest absolute Gasteiger partial charge is 0.0359 e. The van der Waals surface area contributed by atoms with Crippen LogP contribution in [0.25, 0.3) is 0 Å². The highest BCUT2D eigenvalue weighted by molar-refractivity contribution is 5.06. The van der Waals surface area contributed by atoms with E-state index in [0.29, 0.717) is 6.04 Å². The molecule has 3 nitrogen and oxygen atoms in total. The molecule has 1 heterocycles. The lowest BCUT2D eigenvalue weighted by molar-refractivity contribution is 0.255. The molecule has 3 heteroatoms. The molecular weight excluding hydrogens is 198 g/mol. The van der Waals surface area contributed by atoms with Crippen molar-refractivity contribution in [2.45, 2.75) is 25.4 Å². The van der Waals surface area contributed by atoms with E-state index < -0.39 is 0 Å². The highest BCUT2D eigenvalue weighted by Crippen LogP contribution is 2.34. The van der Waals surface area contributed by atoms with E-state index in [0.717, 1.165) is 19.0 Å².